The van der Waals surface area contributed by atoms with Crippen LogP contribution in [0.2, 0.25) is 0 Å². The van der Waals surface area contributed by atoms with Gasteiger partial charge >= 0.3 is 0 Å². The number of rotatable bonds is 6. The Kier molecular flexibility index (Phi) is 5.34. The lowest BCUT2D eigenvalue weighted by Crippen LogP contribution is -2.54. The van der Waals surface area contributed by atoms with E-state index in [1.807, 2.05) is 18.5 Å². The maximum absolute atomic E-state index is 6.17. The fourth-order valence-corrected chi connectivity index (χ4v) is 3.33. The Hall–Kier alpha value is -0.930. The first-order chi connectivity index (χ1) is 9.30. The van der Waals surface area contributed by atoms with Gasteiger partial charge in [-0.3, -0.25) is 9.88 Å². The Balaban J connectivity index is 2.13. The lowest BCUT2D eigenvalue weighted by atomic mass is 9.80. The van der Waals surface area contributed by atoms with E-state index in [0.29, 0.717) is 0 Å². The number of pyridine rings is 1. The molecular weight excluding hydrogens is 234 g/mol. The molecule has 0 saturated heterocycles. The van der Waals surface area contributed by atoms with Gasteiger partial charge in [0.05, 0.1) is 0 Å². The van der Waals surface area contributed by atoms with Gasteiger partial charge in [0.15, 0.2) is 0 Å². The highest BCUT2D eigenvalue weighted by Gasteiger charge is 2.36. The van der Waals surface area contributed by atoms with Crippen LogP contribution in [0.1, 0.15) is 51.0 Å². The normalized spacial score (nSPS) is 18.7. The first-order valence-electron chi connectivity index (χ1n) is 7.65. The summed E-state index contributed by atoms with van der Waals surface area (Å²) in [5.74, 6) is 0. The predicted octanol–water partition coefficient (Wildman–Crippen LogP) is 2.96. The molecular formula is C16H27N3. The molecule has 2 N–H and O–H groups in total. The molecule has 0 aromatic carbocycles. The third-order valence-corrected chi connectivity index (χ3v) is 4.42. The van der Waals surface area contributed by atoms with Crippen LogP contribution in [0.5, 0.6) is 0 Å². The van der Waals surface area contributed by atoms with E-state index in [0.717, 1.165) is 19.6 Å². The second-order valence-corrected chi connectivity index (χ2v) is 5.77. The van der Waals surface area contributed by atoms with Gasteiger partial charge in [0, 0.05) is 31.0 Å². The van der Waals surface area contributed by atoms with E-state index >= 15 is 0 Å². The van der Waals surface area contributed by atoms with Crippen molar-refractivity contribution in [2.45, 2.75) is 57.5 Å². The average molecular weight is 261 g/mol. The first-order valence-corrected chi connectivity index (χ1v) is 7.65. The summed E-state index contributed by atoms with van der Waals surface area (Å²) < 4.78 is 0. The Labute approximate surface area is 117 Å². The molecule has 1 fully saturated rings. The van der Waals surface area contributed by atoms with Crippen molar-refractivity contribution in [1.82, 2.24) is 9.88 Å². The smallest absolute Gasteiger partial charge is 0.0335 e. The molecule has 0 unspecified atom stereocenters. The second kappa shape index (κ2) is 7.01. The molecule has 1 heterocycles. The van der Waals surface area contributed by atoms with Gasteiger partial charge in [-0.25, -0.2) is 0 Å². The zero-order chi connectivity index (χ0) is 13.6. The summed E-state index contributed by atoms with van der Waals surface area (Å²) in [6, 6.07) is 4.19. The van der Waals surface area contributed by atoms with E-state index in [4.69, 9.17) is 5.73 Å². The van der Waals surface area contributed by atoms with Crippen LogP contribution in [-0.2, 0) is 6.54 Å². The highest BCUT2D eigenvalue weighted by molar-refractivity contribution is 5.09. The molecule has 19 heavy (non-hydrogen) atoms. The van der Waals surface area contributed by atoms with Crippen molar-refractivity contribution in [3.8, 4) is 0 Å². The Morgan fingerprint density at radius 1 is 1.32 bits per heavy atom. The topological polar surface area (TPSA) is 42.2 Å². The van der Waals surface area contributed by atoms with Gasteiger partial charge in [-0.1, -0.05) is 32.3 Å². The number of nitrogens with two attached hydrogens (primary N) is 1. The van der Waals surface area contributed by atoms with Crippen molar-refractivity contribution >= 4 is 0 Å². The van der Waals surface area contributed by atoms with Gasteiger partial charge in [0.2, 0.25) is 0 Å². The molecule has 3 nitrogen and oxygen atoms in total. The summed E-state index contributed by atoms with van der Waals surface area (Å²) in [4.78, 5) is 6.85. The van der Waals surface area contributed by atoms with Crippen molar-refractivity contribution in [3.05, 3.63) is 30.1 Å². The quantitative estimate of drug-likeness (QED) is 0.856. The molecule has 0 bridgehead atoms. The number of hydrogen-bond acceptors (Lipinski definition) is 3. The van der Waals surface area contributed by atoms with Crippen molar-refractivity contribution in [2.75, 3.05) is 13.1 Å². The minimum Gasteiger partial charge on any atom is -0.329 e. The molecule has 0 amide bonds. The number of hydrogen-bond donors (Lipinski definition) is 1. The van der Waals surface area contributed by atoms with E-state index < -0.39 is 0 Å². The molecule has 1 aromatic heterocycles. The fraction of sp³-hybridized carbons (Fsp3) is 0.688. The Morgan fingerprint density at radius 3 is 2.68 bits per heavy atom. The summed E-state index contributed by atoms with van der Waals surface area (Å²) in [5, 5.41) is 0. The van der Waals surface area contributed by atoms with E-state index in [-0.39, 0.29) is 5.54 Å². The van der Waals surface area contributed by atoms with E-state index in [1.54, 1.807) is 0 Å². The largest absolute Gasteiger partial charge is 0.329 e. The Bertz CT molecular complexity index is 358. The van der Waals surface area contributed by atoms with Gasteiger partial charge in [0.25, 0.3) is 0 Å². The minimum absolute atomic E-state index is 0.226. The molecule has 1 aromatic rings. The Morgan fingerprint density at radius 2 is 2.11 bits per heavy atom. The standard InChI is InChI=1S/C16H27N3/c1-2-11-19(13-15-7-6-10-18-12-15)16(14-17)8-4-3-5-9-16/h6-7,10,12H,2-5,8-9,11,13-14,17H2,1H3. The molecule has 1 aliphatic rings. The molecule has 3 heteroatoms. The molecule has 0 atom stereocenters. The maximum atomic E-state index is 6.17. The minimum atomic E-state index is 0.226. The molecule has 0 aliphatic heterocycles. The fourth-order valence-electron chi connectivity index (χ4n) is 3.33. The van der Waals surface area contributed by atoms with Crippen molar-refractivity contribution in [1.29, 1.82) is 0 Å². The third kappa shape index (κ3) is 3.54. The van der Waals surface area contributed by atoms with Gasteiger partial charge < -0.3 is 5.73 Å². The van der Waals surface area contributed by atoms with Crippen molar-refractivity contribution < 1.29 is 0 Å². The van der Waals surface area contributed by atoms with Crippen molar-refractivity contribution in [2.24, 2.45) is 5.73 Å². The van der Waals surface area contributed by atoms with E-state index in [1.165, 1.54) is 44.1 Å². The average Bonchev–Trinajstić information content (AvgIpc) is 2.48. The summed E-state index contributed by atoms with van der Waals surface area (Å²) in [6.45, 7) is 5.15. The monoisotopic (exact) mass is 261 g/mol. The lowest BCUT2D eigenvalue weighted by molar-refractivity contribution is 0.0494. The van der Waals surface area contributed by atoms with Crippen LogP contribution in [0.25, 0.3) is 0 Å². The zero-order valence-electron chi connectivity index (χ0n) is 12.1. The predicted molar refractivity (Wildman–Crippen MR) is 79.8 cm³/mol. The summed E-state index contributed by atoms with van der Waals surface area (Å²) in [7, 11) is 0. The molecule has 0 spiro atoms. The van der Waals surface area contributed by atoms with Crippen LogP contribution < -0.4 is 5.73 Å². The molecule has 1 aliphatic carbocycles. The van der Waals surface area contributed by atoms with Crippen LogP contribution in [-0.4, -0.2) is 28.5 Å². The maximum Gasteiger partial charge on any atom is 0.0335 e. The SMILES string of the molecule is CCCN(Cc1cccnc1)C1(CN)CCCCC1. The van der Waals surface area contributed by atoms with E-state index in [9.17, 15) is 0 Å². The summed E-state index contributed by atoms with van der Waals surface area (Å²) in [6.07, 6.45) is 11.5. The number of aromatic nitrogens is 1. The van der Waals surface area contributed by atoms with Crippen LogP contribution in [0, 0.1) is 0 Å². The van der Waals surface area contributed by atoms with Crippen LogP contribution in [0.3, 0.4) is 0 Å². The van der Waals surface area contributed by atoms with Crippen LogP contribution in [0.4, 0.5) is 0 Å². The summed E-state index contributed by atoms with van der Waals surface area (Å²) in [5.41, 5.74) is 7.69. The highest BCUT2D eigenvalue weighted by atomic mass is 15.2. The summed E-state index contributed by atoms with van der Waals surface area (Å²) >= 11 is 0. The lowest BCUT2D eigenvalue weighted by Gasteiger charge is -2.46. The molecule has 2 rings (SSSR count). The van der Waals surface area contributed by atoms with Gasteiger partial charge in [-0.15, -0.1) is 0 Å². The number of nitrogens with zero attached hydrogens (tertiary/aromatic N) is 2. The molecule has 1 saturated carbocycles. The zero-order valence-corrected chi connectivity index (χ0v) is 12.1. The second-order valence-electron chi connectivity index (χ2n) is 5.77. The highest BCUT2D eigenvalue weighted by Crippen LogP contribution is 2.34. The molecule has 106 valence electrons. The van der Waals surface area contributed by atoms with Gasteiger partial charge in [-0.2, -0.15) is 0 Å². The van der Waals surface area contributed by atoms with Crippen LogP contribution >= 0.6 is 0 Å². The molecule has 0 radical (unpaired) electrons. The van der Waals surface area contributed by atoms with Crippen LogP contribution in [0.15, 0.2) is 24.5 Å². The van der Waals surface area contributed by atoms with Crippen molar-refractivity contribution in [3.63, 3.8) is 0 Å². The third-order valence-electron chi connectivity index (χ3n) is 4.42. The van der Waals surface area contributed by atoms with Gasteiger partial charge in [0.1, 0.15) is 0 Å². The van der Waals surface area contributed by atoms with E-state index in [2.05, 4.69) is 22.9 Å². The first kappa shape index (κ1) is 14.5. The van der Waals surface area contributed by atoms with Gasteiger partial charge in [-0.05, 0) is 37.4 Å².